The third kappa shape index (κ3) is 5.06. The van der Waals surface area contributed by atoms with E-state index in [1.54, 1.807) is 12.3 Å². The Balaban J connectivity index is 1.27. The van der Waals surface area contributed by atoms with Crippen LogP contribution in [-0.2, 0) is 23.1 Å². The van der Waals surface area contributed by atoms with E-state index in [1.165, 1.54) is 17.3 Å². The van der Waals surface area contributed by atoms with Gasteiger partial charge in [0.25, 0.3) is 0 Å². The van der Waals surface area contributed by atoms with Gasteiger partial charge in [-0.05, 0) is 29.8 Å². The molecule has 3 aromatic rings. The molecule has 0 radical (unpaired) electrons. The molecule has 1 N–H and O–H groups in total. The minimum Gasteiger partial charge on any atom is -0.461 e. The average Bonchev–Trinajstić information content (AvgIpc) is 3.38. The number of carbonyl (C=O) groups excluding carboxylic acids is 1. The lowest BCUT2D eigenvalue weighted by Crippen LogP contribution is -2.35. The van der Waals surface area contributed by atoms with Gasteiger partial charge >= 0.3 is 0 Å². The van der Waals surface area contributed by atoms with Crippen molar-refractivity contribution in [1.29, 1.82) is 0 Å². The van der Waals surface area contributed by atoms with Gasteiger partial charge in [-0.25, -0.2) is 0 Å². The minimum absolute atomic E-state index is 0.0847. The van der Waals surface area contributed by atoms with Crippen molar-refractivity contribution in [2.75, 3.05) is 37.4 Å². The van der Waals surface area contributed by atoms with Gasteiger partial charge in [-0.1, -0.05) is 23.9 Å². The predicted molar refractivity (Wildman–Crippen MR) is 111 cm³/mol. The highest BCUT2D eigenvalue weighted by Crippen LogP contribution is 2.23. The number of carbonyl (C=O) groups is 1. The van der Waals surface area contributed by atoms with E-state index in [0.717, 1.165) is 38.5 Å². The maximum Gasteiger partial charge on any atom is 0.234 e. The number of benzene rings is 1. The summed E-state index contributed by atoms with van der Waals surface area (Å²) >= 11 is 1.34. The van der Waals surface area contributed by atoms with Gasteiger partial charge in [0, 0.05) is 32.4 Å². The zero-order valence-corrected chi connectivity index (χ0v) is 17.0. The van der Waals surface area contributed by atoms with Crippen LogP contribution in [0.4, 0.5) is 5.69 Å². The normalized spacial score (nSPS) is 14.8. The van der Waals surface area contributed by atoms with E-state index in [2.05, 4.69) is 32.5 Å². The van der Waals surface area contributed by atoms with E-state index in [0.29, 0.717) is 16.7 Å². The molecule has 152 valence electrons. The molecule has 9 heteroatoms. The van der Waals surface area contributed by atoms with Gasteiger partial charge in [0.15, 0.2) is 16.7 Å². The fourth-order valence-electron chi connectivity index (χ4n) is 3.10. The molecule has 1 amide bonds. The van der Waals surface area contributed by atoms with Crippen molar-refractivity contribution < 1.29 is 13.9 Å². The highest BCUT2D eigenvalue weighted by atomic mass is 32.2. The van der Waals surface area contributed by atoms with Crippen molar-refractivity contribution in [1.82, 2.24) is 19.7 Å². The van der Waals surface area contributed by atoms with Crippen molar-refractivity contribution in [3.8, 4) is 11.6 Å². The second-order valence-electron chi connectivity index (χ2n) is 6.76. The summed E-state index contributed by atoms with van der Waals surface area (Å²) in [7, 11) is 1.85. The highest BCUT2D eigenvalue weighted by Gasteiger charge is 2.15. The first kappa shape index (κ1) is 19.7. The van der Waals surface area contributed by atoms with Crippen molar-refractivity contribution in [3.63, 3.8) is 0 Å². The molecule has 3 heterocycles. The molecule has 1 saturated heterocycles. The molecule has 0 atom stereocenters. The summed E-state index contributed by atoms with van der Waals surface area (Å²) in [6.45, 7) is 4.40. The van der Waals surface area contributed by atoms with E-state index in [1.807, 2.05) is 29.8 Å². The number of nitrogens with one attached hydrogen (secondary N) is 1. The van der Waals surface area contributed by atoms with Gasteiger partial charge < -0.3 is 19.0 Å². The van der Waals surface area contributed by atoms with Crippen molar-refractivity contribution >= 4 is 23.4 Å². The number of hydrogen-bond acceptors (Lipinski definition) is 7. The maximum atomic E-state index is 12.3. The van der Waals surface area contributed by atoms with Gasteiger partial charge in [0.05, 0.1) is 25.2 Å². The van der Waals surface area contributed by atoms with E-state index in [9.17, 15) is 4.79 Å². The van der Waals surface area contributed by atoms with Crippen LogP contribution in [0.3, 0.4) is 0 Å². The zero-order valence-electron chi connectivity index (χ0n) is 16.2. The standard InChI is InChI=1S/C20H23N5O3S/c1-24-19(17-3-2-10-28-17)22-23-20(24)29-14-18(26)21-16-6-4-15(5-7-16)13-25-8-11-27-12-9-25/h2-7,10H,8-9,11-14H2,1H3,(H,21,26). The van der Waals surface area contributed by atoms with Crippen LogP contribution in [0.1, 0.15) is 5.56 Å². The first-order valence-electron chi connectivity index (χ1n) is 9.44. The monoisotopic (exact) mass is 413 g/mol. The van der Waals surface area contributed by atoms with Crippen molar-refractivity contribution in [2.45, 2.75) is 11.7 Å². The molecule has 0 saturated carbocycles. The molecular weight excluding hydrogens is 390 g/mol. The Hall–Kier alpha value is -2.62. The third-order valence-corrected chi connectivity index (χ3v) is 5.68. The third-order valence-electron chi connectivity index (χ3n) is 4.66. The fourth-order valence-corrected chi connectivity index (χ4v) is 3.81. The Morgan fingerprint density at radius 1 is 1.17 bits per heavy atom. The number of furan rings is 1. The van der Waals surface area contributed by atoms with Crippen molar-refractivity contribution in [3.05, 3.63) is 48.2 Å². The van der Waals surface area contributed by atoms with Crippen LogP contribution in [0.2, 0.25) is 0 Å². The van der Waals surface area contributed by atoms with Crippen LogP contribution in [-0.4, -0.2) is 57.6 Å². The SMILES string of the molecule is Cn1c(SCC(=O)Nc2ccc(CN3CCOCC3)cc2)nnc1-c1ccco1. The molecule has 0 bridgehead atoms. The molecule has 1 aliphatic rings. The number of anilines is 1. The van der Waals surface area contributed by atoms with Crippen LogP contribution in [0, 0.1) is 0 Å². The smallest absolute Gasteiger partial charge is 0.234 e. The first-order chi connectivity index (χ1) is 14.2. The Morgan fingerprint density at radius 2 is 1.97 bits per heavy atom. The van der Waals surface area contributed by atoms with E-state index in [-0.39, 0.29) is 11.7 Å². The van der Waals surface area contributed by atoms with Crippen molar-refractivity contribution in [2.24, 2.45) is 7.05 Å². The van der Waals surface area contributed by atoms with Gasteiger partial charge in [-0.2, -0.15) is 0 Å². The van der Waals surface area contributed by atoms with Crippen LogP contribution < -0.4 is 5.32 Å². The molecule has 29 heavy (non-hydrogen) atoms. The second-order valence-corrected chi connectivity index (χ2v) is 7.71. The number of aromatic nitrogens is 3. The lowest BCUT2D eigenvalue weighted by molar-refractivity contribution is -0.113. The number of amides is 1. The Bertz CT molecular complexity index is 934. The Kier molecular flexibility index (Phi) is 6.28. The summed E-state index contributed by atoms with van der Waals surface area (Å²) in [5.41, 5.74) is 2.01. The summed E-state index contributed by atoms with van der Waals surface area (Å²) < 4.78 is 12.5. The fraction of sp³-hybridized carbons (Fsp3) is 0.350. The van der Waals surface area contributed by atoms with E-state index < -0.39 is 0 Å². The molecule has 0 aliphatic carbocycles. The van der Waals surface area contributed by atoms with Crippen LogP contribution in [0.25, 0.3) is 11.6 Å². The van der Waals surface area contributed by atoms with E-state index in [4.69, 9.17) is 9.15 Å². The highest BCUT2D eigenvalue weighted by molar-refractivity contribution is 7.99. The Labute approximate surface area is 173 Å². The number of ether oxygens (including phenoxy) is 1. The van der Waals surface area contributed by atoms with Gasteiger partial charge in [0.1, 0.15) is 0 Å². The van der Waals surface area contributed by atoms with Crippen LogP contribution in [0.5, 0.6) is 0 Å². The zero-order chi connectivity index (χ0) is 20.1. The van der Waals surface area contributed by atoms with Crippen LogP contribution >= 0.6 is 11.8 Å². The number of morpholine rings is 1. The maximum absolute atomic E-state index is 12.3. The molecule has 0 spiro atoms. The number of hydrogen-bond donors (Lipinski definition) is 1. The summed E-state index contributed by atoms with van der Waals surface area (Å²) in [6.07, 6.45) is 1.59. The molecule has 8 nitrogen and oxygen atoms in total. The number of rotatable bonds is 7. The minimum atomic E-state index is -0.0847. The molecule has 0 unspecified atom stereocenters. The van der Waals surface area contributed by atoms with Gasteiger partial charge in [-0.15, -0.1) is 10.2 Å². The predicted octanol–water partition coefficient (Wildman–Crippen LogP) is 2.64. The summed E-state index contributed by atoms with van der Waals surface area (Å²) in [5, 5.41) is 11.9. The number of thioether (sulfide) groups is 1. The summed E-state index contributed by atoms with van der Waals surface area (Å²) in [5.74, 6) is 1.44. The lowest BCUT2D eigenvalue weighted by Gasteiger charge is -2.26. The number of nitrogens with zero attached hydrogens (tertiary/aromatic N) is 4. The average molecular weight is 414 g/mol. The summed E-state index contributed by atoms with van der Waals surface area (Å²) in [4.78, 5) is 14.7. The molecule has 1 aromatic carbocycles. The Morgan fingerprint density at radius 3 is 2.69 bits per heavy atom. The lowest BCUT2D eigenvalue weighted by atomic mass is 10.2. The molecular formula is C20H23N5O3S. The summed E-state index contributed by atoms with van der Waals surface area (Å²) in [6, 6.07) is 11.6. The van der Waals surface area contributed by atoms with Gasteiger partial charge in [0.2, 0.25) is 5.91 Å². The molecule has 4 rings (SSSR count). The molecule has 2 aromatic heterocycles. The topological polar surface area (TPSA) is 85.4 Å². The first-order valence-corrected chi connectivity index (χ1v) is 10.4. The molecule has 1 aliphatic heterocycles. The second kappa shape index (κ2) is 9.25. The molecule has 1 fully saturated rings. The van der Waals surface area contributed by atoms with Gasteiger partial charge in [-0.3, -0.25) is 9.69 Å². The van der Waals surface area contributed by atoms with E-state index >= 15 is 0 Å². The largest absolute Gasteiger partial charge is 0.461 e. The van der Waals surface area contributed by atoms with Crippen LogP contribution in [0.15, 0.2) is 52.2 Å². The quantitative estimate of drug-likeness (QED) is 0.596.